The molecule has 1 aromatic heterocycles. The molecule has 0 saturated carbocycles. The van der Waals surface area contributed by atoms with E-state index in [0.717, 1.165) is 21.0 Å². The van der Waals surface area contributed by atoms with Crippen molar-refractivity contribution in [2.24, 2.45) is 0 Å². The van der Waals surface area contributed by atoms with Gasteiger partial charge in [0.2, 0.25) is 0 Å². The SMILES string of the molecule is Cc1csc(Nc2cc(Br)ccc2C#N)n1. The van der Waals surface area contributed by atoms with Crippen LogP contribution in [0.2, 0.25) is 0 Å². The van der Waals surface area contributed by atoms with Crippen LogP contribution in [0.3, 0.4) is 0 Å². The molecular formula is C11H8BrN3S. The Labute approximate surface area is 106 Å². The molecule has 0 aliphatic heterocycles. The predicted molar refractivity (Wildman–Crippen MR) is 69.0 cm³/mol. The highest BCUT2D eigenvalue weighted by Gasteiger charge is 2.05. The van der Waals surface area contributed by atoms with E-state index in [2.05, 4.69) is 32.3 Å². The summed E-state index contributed by atoms with van der Waals surface area (Å²) in [4.78, 5) is 4.29. The second kappa shape index (κ2) is 4.64. The van der Waals surface area contributed by atoms with E-state index >= 15 is 0 Å². The largest absolute Gasteiger partial charge is 0.330 e. The molecular weight excluding hydrogens is 286 g/mol. The summed E-state index contributed by atoms with van der Waals surface area (Å²) in [6, 6.07) is 7.63. The van der Waals surface area contributed by atoms with Gasteiger partial charge in [-0.15, -0.1) is 11.3 Å². The number of thiazole rings is 1. The number of halogens is 1. The standard InChI is InChI=1S/C11H8BrN3S/c1-7-6-16-11(14-7)15-10-4-9(12)3-2-8(10)5-13/h2-4,6H,1H3,(H,14,15). The second-order valence-corrected chi connectivity index (χ2v) is 4.99. The molecule has 1 N–H and O–H groups in total. The first kappa shape index (κ1) is 11.1. The zero-order valence-corrected chi connectivity index (χ0v) is 10.9. The minimum absolute atomic E-state index is 0.607. The number of aryl methyl sites for hydroxylation is 1. The number of hydrogen-bond donors (Lipinski definition) is 1. The Morgan fingerprint density at radius 1 is 1.50 bits per heavy atom. The smallest absolute Gasteiger partial charge is 0.187 e. The number of anilines is 2. The fourth-order valence-electron chi connectivity index (χ4n) is 1.24. The molecule has 0 saturated heterocycles. The number of nitrogens with zero attached hydrogens (tertiary/aromatic N) is 2. The van der Waals surface area contributed by atoms with E-state index in [0.29, 0.717) is 5.56 Å². The normalized spacial score (nSPS) is 9.81. The van der Waals surface area contributed by atoms with Gasteiger partial charge in [0.1, 0.15) is 6.07 Å². The summed E-state index contributed by atoms with van der Waals surface area (Å²) in [5, 5.41) is 14.9. The summed E-state index contributed by atoms with van der Waals surface area (Å²) >= 11 is 4.90. The molecule has 2 aromatic rings. The highest BCUT2D eigenvalue weighted by molar-refractivity contribution is 9.10. The molecule has 2 rings (SSSR count). The second-order valence-electron chi connectivity index (χ2n) is 3.22. The van der Waals surface area contributed by atoms with Crippen molar-refractivity contribution in [1.82, 2.24) is 4.98 Å². The highest BCUT2D eigenvalue weighted by atomic mass is 79.9. The lowest BCUT2D eigenvalue weighted by atomic mass is 10.2. The summed E-state index contributed by atoms with van der Waals surface area (Å²) in [5.74, 6) is 0. The van der Waals surface area contributed by atoms with Gasteiger partial charge in [-0.2, -0.15) is 5.26 Å². The van der Waals surface area contributed by atoms with Crippen molar-refractivity contribution in [2.45, 2.75) is 6.92 Å². The maximum atomic E-state index is 8.97. The van der Waals surface area contributed by atoms with Gasteiger partial charge in [-0.05, 0) is 25.1 Å². The number of benzene rings is 1. The van der Waals surface area contributed by atoms with Gasteiger partial charge < -0.3 is 5.32 Å². The van der Waals surface area contributed by atoms with Gasteiger partial charge in [0.05, 0.1) is 16.9 Å². The van der Waals surface area contributed by atoms with Gasteiger partial charge in [-0.25, -0.2) is 4.98 Å². The van der Waals surface area contributed by atoms with Crippen molar-refractivity contribution in [3.8, 4) is 6.07 Å². The highest BCUT2D eigenvalue weighted by Crippen LogP contribution is 2.26. The van der Waals surface area contributed by atoms with Crippen LogP contribution in [0.4, 0.5) is 10.8 Å². The van der Waals surface area contributed by atoms with Gasteiger partial charge in [0.25, 0.3) is 0 Å². The van der Waals surface area contributed by atoms with Gasteiger partial charge in [0, 0.05) is 9.85 Å². The number of rotatable bonds is 2. The fourth-order valence-corrected chi connectivity index (χ4v) is 2.31. The van der Waals surface area contributed by atoms with E-state index in [1.807, 2.05) is 24.4 Å². The maximum Gasteiger partial charge on any atom is 0.187 e. The zero-order valence-electron chi connectivity index (χ0n) is 8.49. The van der Waals surface area contributed by atoms with Crippen molar-refractivity contribution in [2.75, 3.05) is 5.32 Å². The minimum Gasteiger partial charge on any atom is -0.330 e. The lowest BCUT2D eigenvalue weighted by Gasteiger charge is -2.05. The Balaban J connectivity index is 2.34. The first-order chi connectivity index (χ1) is 7.69. The predicted octanol–water partition coefficient (Wildman–Crippen LogP) is 3.83. The van der Waals surface area contributed by atoms with Gasteiger partial charge >= 0.3 is 0 Å². The van der Waals surface area contributed by atoms with Crippen LogP contribution in [0.15, 0.2) is 28.1 Å². The summed E-state index contributed by atoms with van der Waals surface area (Å²) in [6.45, 7) is 1.94. The average molecular weight is 294 g/mol. The Morgan fingerprint density at radius 2 is 2.31 bits per heavy atom. The Kier molecular flexibility index (Phi) is 3.22. The molecule has 0 unspecified atom stereocenters. The van der Waals surface area contributed by atoms with E-state index in [1.54, 1.807) is 6.07 Å². The molecule has 1 aromatic carbocycles. The molecule has 1 heterocycles. The molecule has 5 heteroatoms. The molecule has 0 amide bonds. The Bertz CT molecular complexity index is 557. The lowest BCUT2D eigenvalue weighted by Crippen LogP contribution is -1.93. The van der Waals surface area contributed by atoms with Gasteiger partial charge in [0.15, 0.2) is 5.13 Å². The Hall–Kier alpha value is -1.38. The monoisotopic (exact) mass is 293 g/mol. The summed E-state index contributed by atoms with van der Waals surface area (Å²) in [6.07, 6.45) is 0. The van der Waals surface area contributed by atoms with E-state index in [9.17, 15) is 0 Å². The number of hydrogen-bond acceptors (Lipinski definition) is 4. The van der Waals surface area contributed by atoms with Gasteiger partial charge in [-0.3, -0.25) is 0 Å². The molecule has 0 atom stereocenters. The van der Waals surface area contributed by atoms with Crippen LogP contribution in [0.25, 0.3) is 0 Å². The number of aromatic nitrogens is 1. The van der Waals surface area contributed by atoms with Crippen molar-refractivity contribution in [3.05, 3.63) is 39.3 Å². The fraction of sp³-hybridized carbons (Fsp3) is 0.0909. The van der Waals surface area contributed by atoms with E-state index in [1.165, 1.54) is 11.3 Å². The third kappa shape index (κ3) is 2.40. The summed E-state index contributed by atoms with van der Waals surface area (Å²) < 4.78 is 0.933. The van der Waals surface area contributed by atoms with Crippen LogP contribution in [0.5, 0.6) is 0 Å². The first-order valence-corrected chi connectivity index (χ1v) is 6.25. The molecule has 0 spiro atoms. The van der Waals surface area contributed by atoms with Crippen molar-refractivity contribution < 1.29 is 0 Å². The van der Waals surface area contributed by atoms with Crippen molar-refractivity contribution in [3.63, 3.8) is 0 Å². The molecule has 3 nitrogen and oxygen atoms in total. The molecule has 0 bridgehead atoms. The first-order valence-electron chi connectivity index (χ1n) is 4.58. The topological polar surface area (TPSA) is 48.7 Å². The average Bonchev–Trinajstić information content (AvgIpc) is 2.64. The van der Waals surface area contributed by atoms with Crippen LogP contribution >= 0.6 is 27.3 Å². The van der Waals surface area contributed by atoms with Crippen LogP contribution in [-0.2, 0) is 0 Å². The quantitative estimate of drug-likeness (QED) is 0.915. The minimum atomic E-state index is 0.607. The van der Waals surface area contributed by atoms with Crippen LogP contribution in [0.1, 0.15) is 11.3 Å². The third-order valence-electron chi connectivity index (χ3n) is 1.96. The van der Waals surface area contributed by atoms with Crippen molar-refractivity contribution in [1.29, 1.82) is 5.26 Å². The van der Waals surface area contributed by atoms with Gasteiger partial charge in [-0.1, -0.05) is 15.9 Å². The van der Waals surface area contributed by atoms with E-state index < -0.39 is 0 Å². The molecule has 80 valence electrons. The molecule has 0 fully saturated rings. The molecule has 0 radical (unpaired) electrons. The summed E-state index contributed by atoms with van der Waals surface area (Å²) in [7, 11) is 0. The Morgan fingerprint density at radius 3 is 2.94 bits per heavy atom. The third-order valence-corrected chi connectivity index (χ3v) is 3.33. The molecule has 0 aliphatic rings. The van der Waals surface area contributed by atoms with Crippen molar-refractivity contribution >= 4 is 38.1 Å². The van der Waals surface area contributed by atoms with Crippen LogP contribution < -0.4 is 5.32 Å². The van der Waals surface area contributed by atoms with E-state index in [-0.39, 0.29) is 0 Å². The van der Waals surface area contributed by atoms with Crippen LogP contribution in [0, 0.1) is 18.3 Å². The molecule has 0 aliphatic carbocycles. The van der Waals surface area contributed by atoms with E-state index in [4.69, 9.17) is 5.26 Å². The number of nitrogens with one attached hydrogen (secondary N) is 1. The number of nitriles is 1. The zero-order chi connectivity index (χ0) is 11.5. The summed E-state index contributed by atoms with van der Waals surface area (Å²) in [5.41, 5.74) is 2.35. The molecule has 16 heavy (non-hydrogen) atoms. The maximum absolute atomic E-state index is 8.97. The lowest BCUT2D eigenvalue weighted by molar-refractivity contribution is 1.26. The van der Waals surface area contributed by atoms with Crippen LogP contribution in [-0.4, -0.2) is 4.98 Å².